The number of hydrogen-bond acceptors (Lipinski definition) is 6. The Kier molecular flexibility index (Phi) is 13.5. The first-order chi connectivity index (χ1) is 7.37. The molecule has 0 aliphatic heterocycles. The second-order valence-corrected chi connectivity index (χ2v) is 4.34. The van der Waals surface area contributed by atoms with Crippen LogP contribution in [0.25, 0.3) is 0 Å². The molecule has 0 saturated carbocycles. The Morgan fingerprint density at radius 3 is 2.59 bits per heavy atom. The minimum atomic E-state index is -4.28. The first kappa shape index (κ1) is 20.6. The zero-order chi connectivity index (χ0) is 12.6. The monoisotopic (exact) mass is 341 g/mol. The normalized spacial score (nSPS) is 15.5. The number of aliphatic hydroxyl groups is 1. The van der Waals surface area contributed by atoms with Crippen molar-refractivity contribution in [2.45, 2.75) is 13.0 Å². The van der Waals surface area contributed by atoms with Gasteiger partial charge in [-0.3, -0.25) is 13.8 Å². The van der Waals surface area contributed by atoms with E-state index in [0.717, 1.165) is 0 Å². The summed E-state index contributed by atoms with van der Waals surface area (Å²) in [5.74, 6) is -0.294. The molecule has 1 amide bonds. The number of phosphoric acid groups is 1. The Labute approximate surface area is 148 Å². The van der Waals surface area contributed by atoms with Crippen LogP contribution in [0.3, 0.4) is 0 Å². The zero-order valence-electron chi connectivity index (χ0n) is 9.79. The van der Waals surface area contributed by atoms with Gasteiger partial charge < -0.3 is 20.4 Å². The van der Waals surface area contributed by atoms with Crippen LogP contribution in [0, 0.1) is 0 Å². The topological polar surface area (TPSA) is 128 Å². The fraction of sp³-hybridized carbons (Fsp3) is 0.857. The van der Waals surface area contributed by atoms with Gasteiger partial charge in [-0.1, -0.05) is 6.10 Å². The van der Waals surface area contributed by atoms with Crippen LogP contribution in [0.2, 0.25) is 0 Å². The van der Waals surface area contributed by atoms with Gasteiger partial charge in [0.25, 0.3) is 0 Å². The van der Waals surface area contributed by atoms with Crippen molar-refractivity contribution in [2.75, 3.05) is 26.4 Å². The first-order valence-electron chi connectivity index (χ1n) is 4.50. The molecule has 0 fully saturated rings. The molecule has 0 heterocycles. The first-order valence-corrected chi connectivity index (χ1v) is 6.00. The van der Waals surface area contributed by atoms with Gasteiger partial charge in [-0.2, -0.15) is 0 Å². The fourth-order valence-electron chi connectivity index (χ4n) is 0.655. The maximum Gasteiger partial charge on any atom is 1.00 e. The Morgan fingerprint density at radius 2 is 2.12 bits per heavy atom. The van der Waals surface area contributed by atoms with Gasteiger partial charge in [-0.25, -0.2) is 4.57 Å². The van der Waals surface area contributed by atoms with Crippen LogP contribution < -0.4 is 68.6 Å². The molecule has 0 spiro atoms. The van der Waals surface area contributed by atoms with Gasteiger partial charge in [0.05, 0.1) is 6.61 Å². The molecule has 0 bridgehead atoms. The summed E-state index contributed by atoms with van der Waals surface area (Å²) in [5, 5.41) is 21.3. The van der Waals surface area contributed by atoms with Crippen molar-refractivity contribution in [3.63, 3.8) is 0 Å². The van der Waals surface area contributed by atoms with E-state index >= 15 is 0 Å². The molecule has 0 aromatic heterocycles. The van der Waals surface area contributed by atoms with Crippen molar-refractivity contribution in [2.24, 2.45) is 0 Å². The molecule has 0 aliphatic rings. The molecule has 0 saturated heterocycles. The van der Waals surface area contributed by atoms with Gasteiger partial charge in [0.1, 0.15) is 0 Å². The fourth-order valence-corrected chi connectivity index (χ4v) is 1.41. The molecule has 8 nitrogen and oxygen atoms in total. The number of rotatable bonds is 8. The number of nitrogens with one attached hydrogen (secondary N) is 1. The van der Waals surface area contributed by atoms with Crippen LogP contribution >= 0.6 is 7.82 Å². The Hall–Kier alpha value is 1.31. The summed E-state index contributed by atoms with van der Waals surface area (Å²) >= 11 is 0. The maximum absolute atomic E-state index is 11.1. The minimum Gasteiger partial charge on any atom is -0.849 e. The van der Waals surface area contributed by atoms with E-state index in [4.69, 9.17) is 10.00 Å². The number of hydrogen-bond donors (Lipinski definition) is 3. The van der Waals surface area contributed by atoms with E-state index in [-0.39, 0.29) is 77.2 Å². The van der Waals surface area contributed by atoms with E-state index < -0.39 is 27.1 Å². The van der Waals surface area contributed by atoms with Gasteiger partial charge in [0, 0.05) is 26.7 Å². The van der Waals surface area contributed by atoms with Crippen molar-refractivity contribution in [3.05, 3.63) is 0 Å². The number of aliphatic hydroxyl groups excluding tert-OH is 1. The van der Waals surface area contributed by atoms with Gasteiger partial charge in [0.2, 0.25) is 5.91 Å². The second kappa shape index (κ2) is 11.2. The van der Waals surface area contributed by atoms with Crippen molar-refractivity contribution in [1.82, 2.24) is 5.32 Å². The number of amides is 1. The third-order valence-corrected chi connectivity index (χ3v) is 2.34. The summed E-state index contributed by atoms with van der Waals surface area (Å²) in [5.41, 5.74) is 0. The van der Waals surface area contributed by atoms with E-state index in [2.05, 4.69) is 14.4 Å². The average Bonchev–Trinajstić information content (AvgIpc) is 2.21. The molecule has 0 radical (unpaired) electrons. The molecule has 3 N–H and O–H groups in total. The standard InChI is InChI=1S/C7H15NO7P.Rb/c1-6(10)8-2-3-14-16(12,13)15-5-7(11)4-9;/h7,9H,2-5H2,1H3,(H,8,10)(H,12,13);/q-1;+1. The molecule has 0 aromatic carbocycles. The van der Waals surface area contributed by atoms with E-state index in [1.54, 1.807) is 0 Å². The largest absolute Gasteiger partial charge is 1.00 e. The van der Waals surface area contributed by atoms with Gasteiger partial charge in [-0.05, 0) is 0 Å². The minimum absolute atomic E-state index is 0. The van der Waals surface area contributed by atoms with Crippen molar-refractivity contribution >= 4 is 13.7 Å². The quantitative estimate of drug-likeness (QED) is 0.298. The molecule has 10 heteroatoms. The Morgan fingerprint density at radius 1 is 1.53 bits per heavy atom. The van der Waals surface area contributed by atoms with Crippen molar-refractivity contribution in [1.29, 1.82) is 0 Å². The predicted molar refractivity (Wildman–Crippen MR) is 51.3 cm³/mol. The summed E-state index contributed by atoms with van der Waals surface area (Å²) in [6, 6.07) is 0. The van der Waals surface area contributed by atoms with E-state index in [9.17, 15) is 14.5 Å². The molecule has 96 valence electrons. The second-order valence-electron chi connectivity index (χ2n) is 2.89. The number of phosphoric ester groups is 1. The smallest absolute Gasteiger partial charge is 0.849 e. The number of carbonyl (C=O) groups is 1. The van der Waals surface area contributed by atoms with Gasteiger partial charge in [0.15, 0.2) is 0 Å². The average molecular weight is 342 g/mol. The molecular weight excluding hydrogens is 327 g/mol. The van der Waals surface area contributed by atoms with Crippen molar-refractivity contribution in [3.8, 4) is 0 Å². The summed E-state index contributed by atoms with van der Waals surface area (Å²) in [7, 11) is -4.28. The molecule has 2 unspecified atom stereocenters. The van der Waals surface area contributed by atoms with Crippen LogP contribution in [0.5, 0.6) is 0 Å². The van der Waals surface area contributed by atoms with E-state index in [0.29, 0.717) is 0 Å². The predicted octanol–water partition coefficient (Wildman–Crippen LogP) is -5.02. The Bertz CT molecular complexity index is 265. The molecule has 2 atom stereocenters. The zero-order valence-corrected chi connectivity index (χ0v) is 15.6. The van der Waals surface area contributed by atoms with E-state index in [1.165, 1.54) is 6.92 Å². The summed E-state index contributed by atoms with van der Waals surface area (Å²) in [6.07, 6.45) is -1.49. The number of carbonyl (C=O) groups excluding carboxylic acids is 1. The van der Waals surface area contributed by atoms with Crippen LogP contribution in [-0.2, 0) is 18.4 Å². The third kappa shape index (κ3) is 13.5. The maximum atomic E-state index is 11.1. The molecular formula is C7H15NO7PRb. The third-order valence-electron chi connectivity index (χ3n) is 1.36. The summed E-state index contributed by atoms with van der Waals surface area (Å²) in [4.78, 5) is 19.4. The Balaban J connectivity index is 0. The van der Waals surface area contributed by atoms with Crippen molar-refractivity contribution < 1.29 is 91.7 Å². The molecule has 0 rings (SSSR count). The SMILES string of the molecule is CC(=O)NCCOP(=O)(O)OCC([O-])CO.[Rb+]. The van der Waals surface area contributed by atoms with Crippen LogP contribution in [0.1, 0.15) is 6.92 Å². The van der Waals surface area contributed by atoms with Crippen LogP contribution in [-0.4, -0.2) is 48.4 Å². The van der Waals surface area contributed by atoms with Crippen LogP contribution in [0.15, 0.2) is 0 Å². The molecule has 0 aliphatic carbocycles. The van der Waals surface area contributed by atoms with Gasteiger partial charge >= 0.3 is 66.0 Å². The van der Waals surface area contributed by atoms with Crippen LogP contribution in [0.4, 0.5) is 0 Å². The molecule has 17 heavy (non-hydrogen) atoms. The molecule has 0 aromatic rings. The summed E-state index contributed by atoms with van der Waals surface area (Å²) < 4.78 is 19.8. The van der Waals surface area contributed by atoms with E-state index in [1.807, 2.05) is 0 Å². The van der Waals surface area contributed by atoms with Gasteiger partial charge in [-0.15, -0.1) is 0 Å². The summed E-state index contributed by atoms with van der Waals surface area (Å²) in [6.45, 7) is -0.172.